The molecule has 33 heavy (non-hydrogen) atoms. The van der Waals surface area contributed by atoms with E-state index >= 15 is 0 Å². The van der Waals surface area contributed by atoms with Crippen molar-refractivity contribution in [1.82, 2.24) is 15.1 Å². The Morgan fingerprint density at radius 2 is 1.85 bits per heavy atom. The van der Waals surface area contributed by atoms with Gasteiger partial charge in [-0.25, -0.2) is 4.68 Å². The maximum Gasteiger partial charge on any atom is 0.257 e. The summed E-state index contributed by atoms with van der Waals surface area (Å²) in [6.07, 6.45) is 4.11. The number of hydrogen-bond acceptors (Lipinski definition) is 3. The molecule has 0 bridgehead atoms. The number of rotatable bonds is 6. The van der Waals surface area contributed by atoms with Crippen molar-refractivity contribution in [3.05, 3.63) is 82.0 Å². The van der Waals surface area contributed by atoms with Crippen LogP contribution in [0.2, 0.25) is 5.02 Å². The van der Waals surface area contributed by atoms with Crippen molar-refractivity contribution in [2.24, 2.45) is 0 Å². The first-order chi connectivity index (χ1) is 15.7. The number of anilines is 1. The summed E-state index contributed by atoms with van der Waals surface area (Å²) in [4.78, 5) is 13.6. The first kappa shape index (κ1) is 23.4. The zero-order valence-corrected chi connectivity index (χ0v) is 20.8. The number of nitrogens with zero attached hydrogens (tertiary/aromatic N) is 2. The fourth-order valence-electron chi connectivity index (χ4n) is 5.04. The smallest absolute Gasteiger partial charge is 0.257 e. The summed E-state index contributed by atoms with van der Waals surface area (Å²) in [5.74, 6) is 0.651. The predicted octanol–water partition coefficient (Wildman–Crippen LogP) is 6.58. The van der Waals surface area contributed by atoms with Crippen LogP contribution in [0.4, 0.5) is 5.82 Å². The molecule has 2 heterocycles. The van der Waals surface area contributed by atoms with Crippen LogP contribution < -0.4 is 10.6 Å². The van der Waals surface area contributed by atoms with Gasteiger partial charge >= 0.3 is 0 Å². The highest BCUT2D eigenvalue weighted by Gasteiger charge is 2.38. The van der Waals surface area contributed by atoms with Crippen LogP contribution in [0.15, 0.2) is 54.7 Å². The molecule has 1 atom stereocenters. The van der Waals surface area contributed by atoms with Gasteiger partial charge in [0.15, 0.2) is 0 Å². The van der Waals surface area contributed by atoms with Crippen molar-refractivity contribution in [3.8, 4) is 0 Å². The molecule has 3 aromatic rings. The zero-order chi connectivity index (χ0) is 23.8. The highest BCUT2D eigenvalue weighted by Crippen LogP contribution is 2.41. The number of aromatic nitrogens is 2. The maximum atomic E-state index is 13.6. The fourth-order valence-corrected chi connectivity index (χ4v) is 5.17. The normalized spacial score (nSPS) is 17.2. The molecule has 6 heteroatoms. The van der Waals surface area contributed by atoms with Gasteiger partial charge in [0, 0.05) is 5.02 Å². The van der Waals surface area contributed by atoms with Crippen LogP contribution in [0, 0.1) is 6.92 Å². The van der Waals surface area contributed by atoms with E-state index in [1.165, 1.54) is 11.1 Å². The predicted molar refractivity (Wildman–Crippen MR) is 135 cm³/mol. The molecule has 5 nitrogen and oxygen atoms in total. The van der Waals surface area contributed by atoms with Gasteiger partial charge in [0.25, 0.3) is 5.91 Å². The topological polar surface area (TPSA) is 59.0 Å². The van der Waals surface area contributed by atoms with Crippen molar-refractivity contribution >= 4 is 23.3 Å². The third-order valence-electron chi connectivity index (χ3n) is 7.12. The minimum Gasteiger partial charge on any atom is -0.363 e. The number of benzene rings is 2. The number of carbonyl (C=O) groups excluding carboxylic acids is 1. The maximum absolute atomic E-state index is 13.6. The second kappa shape index (κ2) is 8.86. The van der Waals surface area contributed by atoms with Crippen molar-refractivity contribution in [2.45, 2.75) is 71.0 Å². The lowest BCUT2D eigenvalue weighted by molar-refractivity contribution is 0.0890. The summed E-state index contributed by atoms with van der Waals surface area (Å²) in [5.41, 5.74) is 3.41. The van der Waals surface area contributed by atoms with E-state index in [1.54, 1.807) is 6.20 Å². The van der Waals surface area contributed by atoms with Crippen molar-refractivity contribution in [3.63, 3.8) is 0 Å². The largest absolute Gasteiger partial charge is 0.363 e. The van der Waals surface area contributed by atoms with Gasteiger partial charge in [0.1, 0.15) is 11.4 Å². The second-order valence-electron chi connectivity index (χ2n) is 9.64. The molecule has 1 amide bonds. The molecule has 174 valence electrons. The van der Waals surface area contributed by atoms with E-state index in [2.05, 4.69) is 74.6 Å². The van der Waals surface area contributed by atoms with Crippen molar-refractivity contribution in [2.75, 3.05) is 5.32 Å². The lowest BCUT2D eigenvalue weighted by atomic mass is 9.84. The van der Waals surface area contributed by atoms with Gasteiger partial charge < -0.3 is 10.6 Å². The molecule has 1 unspecified atom stereocenters. The molecule has 1 aliphatic heterocycles. The molecule has 2 N–H and O–H groups in total. The molecule has 1 aromatic heterocycles. The SMILES string of the molecule is CCC(CC)(NC(=O)c1cnn2c1NC(c1ccccc1C)CC2(C)C)c1ccc(Cl)cc1. The van der Waals surface area contributed by atoms with Crippen LogP contribution in [-0.4, -0.2) is 15.7 Å². The van der Waals surface area contributed by atoms with Crippen molar-refractivity contribution < 1.29 is 4.79 Å². The summed E-state index contributed by atoms with van der Waals surface area (Å²) >= 11 is 6.11. The van der Waals surface area contributed by atoms with Crippen LogP contribution in [-0.2, 0) is 11.1 Å². The molecule has 4 rings (SSSR count). The minimum absolute atomic E-state index is 0.107. The van der Waals surface area contributed by atoms with E-state index < -0.39 is 5.54 Å². The Hall–Kier alpha value is -2.79. The van der Waals surface area contributed by atoms with Crippen LogP contribution >= 0.6 is 11.6 Å². The zero-order valence-electron chi connectivity index (χ0n) is 20.1. The summed E-state index contributed by atoms with van der Waals surface area (Å²) in [7, 11) is 0. The lowest BCUT2D eigenvalue weighted by Crippen LogP contribution is -2.45. The van der Waals surface area contributed by atoms with Crippen LogP contribution in [0.3, 0.4) is 0 Å². The number of hydrogen-bond donors (Lipinski definition) is 2. The fraction of sp³-hybridized carbons (Fsp3) is 0.407. The Morgan fingerprint density at radius 3 is 2.48 bits per heavy atom. The first-order valence-electron chi connectivity index (χ1n) is 11.7. The Balaban J connectivity index is 1.69. The quantitative estimate of drug-likeness (QED) is 0.433. The number of aryl methyl sites for hydroxylation is 1. The molecule has 0 spiro atoms. The molecular formula is C27H33ClN4O. The van der Waals surface area contributed by atoms with E-state index in [1.807, 2.05) is 28.9 Å². The molecule has 2 aromatic carbocycles. The number of nitrogens with one attached hydrogen (secondary N) is 2. The Morgan fingerprint density at radius 1 is 1.18 bits per heavy atom. The number of halogens is 1. The summed E-state index contributed by atoms with van der Waals surface area (Å²) in [5, 5.41) is 12.3. The lowest BCUT2D eigenvalue weighted by Gasteiger charge is -2.39. The monoisotopic (exact) mass is 464 g/mol. The van der Waals surface area contributed by atoms with Gasteiger partial charge in [0.05, 0.1) is 23.3 Å². The van der Waals surface area contributed by atoms with Gasteiger partial charge in [-0.05, 0) is 68.9 Å². The third-order valence-corrected chi connectivity index (χ3v) is 7.37. The molecular weight excluding hydrogens is 432 g/mol. The minimum atomic E-state index is -0.476. The molecule has 0 saturated heterocycles. The van der Waals surface area contributed by atoms with Gasteiger partial charge in [-0.3, -0.25) is 4.79 Å². The van der Waals surface area contributed by atoms with Crippen LogP contribution in [0.1, 0.15) is 80.0 Å². The van der Waals surface area contributed by atoms with E-state index in [0.29, 0.717) is 10.6 Å². The van der Waals surface area contributed by atoms with Crippen LogP contribution in [0.25, 0.3) is 0 Å². The standard InChI is InChI=1S/C27H33ClN4O/c1-6-27(7-2,19-12-14-20(28)15-13-19)31-25(33)22-17-29-32-24(22)30-23(16-26(32,4)5)21-11-9-8-10-18(21)3/h8-15,17,23,30H,6-7,16H2,1-5H3,(H,31,33). The second-order valence-corrected chi connectivity index (χ2v) is 10.1. The molecule has 1 aliphatic rings. The summed E-state index contributed by atoms with van der Waals surface area (Å²) < 4.78 is 1.96. The van der Waals surface area contributed by atoms with Crippen LogP contribution in [0.5, 0.6) is 0 Å². The number of amides is 1. The van der Waals surface area contributed by atoms with Gasteiger partial charge in [-0.1, -0.05) is 61.8 Å². The van der Waals surface area contributed by atoms with E-state index in [-0.39, 0.29) is 17.5 Å². The summed E-state index contributed by atoms with van der Waals surface area (Å²) in [6.45, 7) is 10.7. The average molecular weight is 465 g/mol. The molecule has 0 radical (unpaired) electrons. The molecule has 0 fully saturated rings. The van der Waals surface area contributed by atoms with Crippen molar-refractivity contribution in [1.29, 1.82) is 0 Å². The van der Waals surface area contributed by atoms with E-state index in [9.17, 15) is 4.79 Å². The van der Waals surface area contributed by atoms with Gasteiger partial charge in [-0.2, -0.15) is 5.10 Å². The Kier molecular flexibility index (Phi) is 6.28. The first-order valence-corrected chi connectivity index (χ1v) is 12.1. The van der Waals surface area contributed by atoms with Gasteiger partial charge in [-0.15, -0.1) is 0 Å². The number of fused-ring (bicyclic) bond motifs is 1. The Labute approximate surface area is 201 Å². The van der Waals surface area contributed by atoms with E-state index in [0.717, 1.165) is 30.6 Å². The third kappa shape index (κ3) is 4.26. The molecule has 0 aliphatic carbocycles. The summed E-state index contributed by atoms with van der Waals surface area (Å²) in [6, 6.07) is 16.3. The van der Waals surface area contributed by atoms with E-state index in [4.69, 9.17) is 11.6 Å². The number of carbonyl (C=O) groups is 1. The highest BCUT2D eigenvalue weighted by atomic mass is 35.5. The highest BCUT2D eigenvalue weighted by molar-refractivity contribution is 6.30. The van der Waals surface area contributed by atoms with Gasteiger partial charge in [0.2, 0.25) is 0 Å². The Bertz CT molecular complexity index is 1150. The average Bonchev–Trinajstić information content (AvgIpc) is 3.23. The molecule has 0 saturated carbocycles.